The van der Waals surface area contributed by atoms with Crippen molar-refractivity contribution in [3.8, 4) is 11.1 Å². The first kappa shape index (κ1) is 19.4. The summed E-state index contributed by atoms with van der Waals surface area (Å²) in [4.78, 5) is 42.0. The standard InChI is InChI=1S/C19H22N4O5/c1-22-7-2-8-23(10-9-22)12-5-3-11(4-6-12)13-14(18(25)26)16(20)21-17(24)15(13)19(27)28/h3-6H,2,7-10H2,1H3,(H,25,26)(H,27,28)(H3,20,21,24). The van der Waals surface area contributed by atoms with Gasteiger partial charge in [-0.2, -0.15) is 0 Å². The van der Waals surface area contributed by atoms with Crippen molar-refractivity contribution in [3.05, 3.63) is 45.7 Å². The van der Waals surface area contributed by atoms with Gasteiger partial charge in [-0.15, -0.1) is 0 Å². The lowest BCUT2D eigenvalue weighted by atomic mass is 9.95. The van der Waals surface area contributed by atoms with Gasteiger partial charge in [-0.3, -0.25) is 4.79 Å². The lowest BCUT2D eigenvalue weighted by Crippen LogP contribution is -2.28. The van der Waals surface area contributed by atoms with E-state index in [0.29, 0.717) is 5.56 Å². The van der Waals surface area contributed by atoms with Gasteiger partial charge in [-0.05, 0) is 37.7 Å². The Balaban J connectivity index is 2.08. The van der Waals surface area contributed by atoms with Gasteiger partial charge in [0.05, 0.1) is 0 Å². The average molecular weight is 386 g/mol. The maximum absolute atomic E-state index is 12.1. The van der Waals surface area contributed by atoms with Crippen molar-refractivity contribution in [2.24, 2.45) is 0 Å². The summed E-state index contributed by atoms with van der Waals surface area (Å²) in [5.41, 5.74) is 4.72. The molecule has 0 saturated carbocycles. The number of hydrogen-bond acceptors (Lipinski definition) is 6. The van der Waals surface area contributed by atoms with Crippen LogP contribution >= 0.6 is 0 Å². The highest BCUT2D eigenvalue weighted by Crippen LogP contribution is 2.30. The third kappa shape index (κ3) is 3.70. The van der Waals surface area contributed by atoms with Crippen molar-refractivity contribution in [1.29, 1.82) is 0 Å². The van der Waals surface area contributed by atoms with E-state index in [1.807, 2.05) is 0 Å². The molecule has 5 N–H and O–H groups in total. The number of carbonyl (C=O) groups is 2. The number of pyridine rings is 1. The van der Waals surface area contributed by atoms with E-state index < -0.39 is 28.6 Å². The van der Waals surface area contributed by atoms with E-state index in [0.717, 1.165) is 38.3 Å². The Morgan fingerprint density at radius 2 is 1.64 bits per heavy atom. The Hall–Kier alpha value is -3.33. The van der Waals surface area contributed by atoms with Gasteiger partial charge < -0.3 is 30.7 Å². The van der Waals surface area contributed by atoms with Gasteiger partial charge in [0.25, 0.3) is 5.56 Å². The molecule has 28 heavy (non-hydrogen) atoms. The number of rotatable bonds is 4. The number of anilines is 2. The van der Waals surface area contributed by atoms with Crippen LogP contribution in [0.1, 0.15) is 27.1 Å². The van der Waals surface area contributed by atoms with Gasteiger partial charge in [0, 0.05) is 30.9 Å². The van der Waals surface area contributed by atoms with Crippen LogP contribution in [0.25, 0.3) is 11.1 Å². The molecular weight excluding hydrogens is 364 g/mol. The molecule has 0 atom stereocenters. The van der Waals surface area contributed by atoms with Gasteiger partial charge >= 0.3 is 11.9 Å². The van der Waals surface area contributed by atoms with E-state index in [1.165, 1.54) is 0 Å². The van der Waals surface area contributed by atoms with Gasteiger partial charge in [0.15, 0.2) is 0 Å². The topological polar surface area (TPSA) is 140 Å². The lowest BCUT2D eigenvalue weighted by molar-refractivity contribution is 0.0695. The molecule has 9 heteroatoms. The second kappa shape index (κ2) is 7.73. The molecule has 0 spiro atoms. The van der Waals surface area contributed by atoms with Crippen molar-refractivity contribution in [1.82, 2.24) is 9.88 Å². The molecule has 1 aliphatic heterocycles. The summed E-state index contributed by atoms with van der Waals surface area (Å²) in [6.07, 6.45) is 1.02. The summed E-state index contributed by atoms with van der Waals surface area (Å²) in [5.74, 6) is -3.30. The van der Waals surface area contributed by atoms with Crippen molar-refractivity contribution in [3.63, 3.8) is 0 Å². The number of benzene rings is 1. The number of carboxylic acid groups (broad SMARTS) is 2. The summed E-state index contributed by atoms with van der Waals surface area (Å²) < 4.78 is 0. The number of hydrogen-bond donors (Lipinski definition) is 4. The fraction of sp³-hybridized carbons (Fsp3) is 0.316. The van der Waals surface area contributed by atoms with Crippen molar-refractivity contribution in [2.45, 2.75) is 6.42 Å². The number of nitrogen functional groups attached to an aromatic ring is 1. The van der Waals surface area contributed by atoms with E-state index >= 15 is 0 Å². The number of carboxylic acids is 2. The SMILES string of the molecule is CN1CCCN(c2ccc(-c3c(C(=O)O)c(N)[nH]c(=O)c3C(=O)O)cc2)CC1. The monoisotopic (exact) mass is 386 g/mol. The molecular formula is C19H22N4O5. The maximum atomic E-state index is 12.1. The molecule has 9 nitrogen and oxygen atoms in total. The first-order chi connectivity index (χ1) is 13.3. The van der Waals surface area contributed by atoms with E-state index in [9.17, 15) is 24.6 Å². The number of nitrogens with one attached hydrogen (secondary N) is 1. The van der Waals surface area contributed by atoms with Crippen LogP contribution in [0.2, 0.25) is 0 Å². The van der Waals surface area contributed by atoms with E-state index in [2.05, 4.69) is 21.8 Å². The number of likely N-dealkylation sites (N-methyl/N-ethyl adjacent to an activating group) is 1. The Morgan fingerprint density at radius 3 is 2.25 bits per heavy atom. The van der Waals surface area contributed by atoms with Crippen LogP contribution in [0.5, 0.6) is 0 Å². The number of aromatic nitrogens is 1. The molecule has 1 saturated heterocycles. The third-order valence-electron chi connectivity index (χ3n) is 4.91. The summed E-state index contributed by atoms with van der Waals surface area (Å²) in [7, 11) is 2.07. The molecule has 148 valence electrons. The predicted molar refractivity (Wildman–Crippen MR) is 105 cm³/mol. The van der Waals surface area contributed by atoms with Gasteiger partial charge in [0.2, 0.25) is 0 Å². The summed E-state index contributed by atoms with van der Waals surface area (Å²) in [6, 6.07) is 6.85. The molecule has 0 unspecified atom stereocenters. The van der Waals surface area contributed by atoms with Gasteiger partial charge in [0.1, 0.15) is 16.9 Å². The highest BCUT2D eigenvalue weighted by molar-refractivity contribution is 6.07. The number of nitrogens with zero attached hydrogens (tertiary/aromatic N) is 2. The zero-order valence-corrected chi connectivity index (χ0v) is 15.4. The molecule has 2 aromatic rings. The molecule has 1 aromatic carbocycles. The number of aromatic carboxylic acids is 2. The molecule has 0 radical (unpaired) electrons. The summed E-state index contributed by atoms with van der Waals surface area (Å²) >= 11 is 0. The minimum absolute atomic E-state index is 0.191. The average Bonchev–Trinajstić information content (AvgIpc) is 2.85. The van der Waals surface area contributed by atoms with Crippen molar-refractivity contribution >= 4 is 23.4 Å². The smallest absolute Gasteiger partial charge is 0.342 e. The van der Waals surface area contributed by atoms with Crippen LogP contribution in [-0.4, -0.2) is 65.3 Å². The second-order valence-corrected chi connectivity index (χ2v) is 6.79. The van der Waals surface area contributed by atoms with Crippen LogP contribution in [-0.2, 0) is 0 Å². The van der Waals surface area contributed by atoms with Gasteiger partial charge in [-0.25, -0.2) is 9.59 Å². The number of nitrogens with two attached hydrogens (primary N) is 1. The summed E-state index contributed by atoms with van der Waals surface area (Å²) in [6.45, 7) is 3.69. The fourth-order valence-corrected chi connectivity index (χ4v) is 3.48. The lowest BCUT2D eigenvalue weighted by Gasteiger charge is -2.23. The van der Waals surface area contributed by atoms with Crippen molar-refractivity contribution < 1.29 is 19.8 Å². The molecule has 1 aliphatic rings. The largest absolute Gasteiger partial charge is 0.478 e. The highest BCUT2D eigenvalue weighted by Gasteiger charge is 2.26. The molecule has 0 bridgehead atoms. The molecule has 0 amide bonds. The molecule has 3 rings (SSSR count). The maximum Gasteiger partial charge on any atom is 0.342 e. The van der Waals surface area contributed by atoms with E-state index in [4.69, 9.17) is 5.73 Å². The Bertz CT molecular complexity index is 968. The van der Waals surface area contributed by atoms with Crippen LogP contribution in [0.4, 0.5) is 11.5 Å². The molecule has 2 heterocycles. The van der Waals surface area contributed by atoms with Crippen LogP contribution in [0.3, 0.4) is 0 Å². The zero-order chi connectivity index (χ0) is 20.4. The molecule has 1 fully saturated rings. The van der Waals surface area contributed by atoms with Crippen molar-refractivity contribution in [2.75, 3.05) is 43.9 Å². The number of aromatic amines is 1. The van der Waals surface area contributed by atoms with Crippen LogP contribution in [0, 0.1) is 0 Å². The Labute approximate surface area is 161 Å². The third-order valence-corrected chi connectivity index (χ3v) is 4.91. The molecule has 0 aliphatic carbocycles. The quantitative estimate of drug-likeness (QED) is 0.614. The van der Waals surface area contributed by atoms with Crippen LogP contribution < -0.4 is 16.2 Å². The fourth-order valence-electron chi connectivity index (χ4n) is 3.48. The molecule has 1 aromatic heterocycles. The highest BCUT2D eigenvalue weighted by atomic mass is 16.4. The minimum atomic E-state index is -1.52. The Kier molecular flexibility index (Phi) is 5.36. The zero-order valence-electron chi connectivity index (χ0n) is 15.4. The predicted octanol–water partition coefficient (Wildman–Crippen LogP) is 1.16. The summed E-state index contributed by atoms with van der Waals surface area (Å²) in [5, 5.41) is 19.0. The van der Waals surface area contributed by atoms with Gasteiger partial charge in [-0.1, -0.05) is 12.1 Å². The first-order valence-electron chi connectivity index (χ1n) is 8.86. The minimum Gasteiger partial charge on any atom is -0.478 e. The number of H-pyrrole nitrogens is 1. The first-order valence-corrected chi connectivity index (χ1v) is 8.86. The van der Waals surface area contributed by atoms with Crippen LogP contribution in [0.15, 0.2) is 29.1 Å². The Morgan fingerprint density at radius 1 is 1.00 bits per heavy atom. The second-order valence-electron chi connectivity index (χ2n) is 6.79. The van der Waals surface area contributed by atoms with E-state index in [1.54, 1.807) is 24.3 Å². The van der Waals surface area contributed by atoms with E-state index in [-0.39, 0.29) is 11.4 Å². The normalized spacial score (nSPS) is 15.2.